The van der Waals surface area contributed by atoms with Crippen molar-refractivity contribution in [1.29, 1.82) is 0 Å². The molecule has 0 aliphatic carbocycles. The molecule has 0 saturated carbocycles. The molecular formula is C21H17FN2. The molecule has 0 unspecified atom stereocenters. The molecule has 118 valence electrons. The van der Waals surface area contributed by atoms with E-state index < -0.39 is 0 Å². The molecule has 0 aliphatic heterocycles. The molecule has 2 nitrogen and oxygen atoms in total. The standard InChI is InChI=1S/C21H17FN2/c1-3-10-24-21-15(2)13-18(16-4-6-19(22)7-5-16)14-20(21)17-8-11-23-12-9-17/h3-14H,1H2,2H3. The highest BCUT2D eigenvalue weighted by Crippen LogP contribution is 2.37. The fourth-order valence-electron chi connectivity index (χ4n) is 2.64. The Kier molecular flexibility index (Phi) is 4.62. The van der Waals surface area contributed by atoms with Crippen LogP contribution in [-0.4, -0.2) is 11.2 Å². The average Bonchev–Trinajstić information content (AvgIpc) is 2.61. The topological polar surface area (TPSA) is 25.2 Å². The van der Waals surface area contributed by atoms with E-state index in [1.165, 1.54) is 12.1 Å². The summed E-state index contributed by atoms with van der Waals surface area (Å²) < 4.78 is 13.2. The van der Waals surface area contributed by atoms with Crippen LogP contribution in [0.25, 0.3) is 22.3 Å². The van der Waals surface area contributed by atoms with Gasteiger partial charge in [-0.05, 0) is 65.6 Å². The van der Waals surface area contributed by atoms with E-state index in [2.05, 4.69) is 28.7 Å². The Bertz CT molecular complexity index is 882. The van der Waals surface area contributed by atoms with Crippen molar-refractivity contribution in [3.63, 3.8) is 0 Å². The first-order valence-corrected chi connectivity index (χ1v) is 7.65. The quantitative estimate of drug-likeness (QED) is 0.562. The molecule has 0 amide bonds. The molecule has 0 atom stereocenters. The third kappa shape index (κ3) is 3.30. The van der Waals surface area contributed by atoms with Gasteiger partial charge in [-0.2, -0.15) is 0 Å². The van der Waals surface area contributed by atoms with Gasteiger partial charge < -0.3 is 0 Å². The van der Waals surface area contributed by atoms with Gasteiger partial charge in [0.05, 0.1) is 5.69 Å². The highest BCUT2D eigenvalue weighted by Gasteiger charge is 2.11. The number of allylic oxidation sites excluding steroid dienone is 1. The Morgan fingerprint density at radius 3 is 2.33 bits per heavy atom. The maximum atomic E-state index is 13.2. The van der Waals surface area contributed by atoms with E-state index in [-0.39, 0.29) is 5.82 Å². The molecule has 2 aromatic carbocycles. The molecule has 0 fully saturated rings. The molecule has 3 aromatic rings. The summed E-state index contributed by atoms with van der Waals surface area (Å²) >= 11 is 0. The van der Waals surface area contributed by atoms with E-state index in [0.717, 1.165) is 33.5 Å². The van der Waals surface area contributed by atoms with Crippen LogP contribution < -0.4 is 0 Å². The van der Waals surface area contributed by atoms with Gasteiger partial charge in [0.25, 0.3) is 0 Å². The van der Waals surface area contributed by atoms with Crippen LogP contribution in [0.3, 0.4) is 0 Å². The van der Waals surface area contributed by atoms with Gasteiger partial charge in [-0.3, -0.25) is 9.98 Å². The van der Waals surface area contributed by atoms with E-state index in [0.29, 0.717) is 0 Å². The van der Waals surface area contributed by atoms with Crippen LogP contribution in [0.15, 0.2) is 78.6 Å². The number of halogens is 1. The van der Waals surface area contributed by atoms with Crippen molar-refractivity contribution < 1.29 is 4.39 Å². The Labute approximate surface area is 141 Å². The van der Waals surface area contributed by atoms with Gasteiger partial charge in [0.1, 0.15) is 5.82 Å². The maximum Gasteiger partial charge on any atom is 0.123 e. The SMILES string of the molecule is C=CC=Nc1c(C)cc(-c2ccc(F)cc2)cc1-c1ccncc1. The van der Waals surface area contributed by atoms with Crippen molar-refractivity contribution in [2.75, 3.05) is 0 Å². The molecule has 0 aliphatic rings. The van der Waals surface area contributed by atoms with Crippen molar-refractivity contribution in [3.8, 4) is 22.3 Å². The van der Waals surface area contributed by atoms with E-state index in [1.54, 1.807) is 36.8 Å². The van der Waals surface area contributed by atoms with E-state index in [4.69, 9.17) is 0 Å². The van der Waals surface area contributed by atoms with Crippen molar-refractivity contribution in [2.45, 2.75) is 6.92 Å². The molecule has 3 heteroatoms. The third-order valence-electron chi connectivity index (χ3n) is 3.78. The zero-order valence-electron chi connectivity index (χ0n) is 13.4. The van der Waals surface area contributed by atoms with Gasteiger partial charge in [-0.25, -0.2) is 4.39 Å². The van der Waals surface area contributed by atoms with Crippen LogP contribution in [0, 0.1) is 12.7 Å². The minimum Gasteiger partial charge on any atom is -0.265 e. The van der Waals surface area contributed by atoms with Crippen LogP contribution in [0.1, 0.15) is 5.56 Å². The zero-order valence-corrected chi connectivity index (χ0v) is 13.4. The Hall–Kier alpha value is -3.07. The molecule has 1 heterocycles. The lowest BCUT2D eigenvalue weighted by Gasteiger charge is -2.13. The summed E-state index contributed by atoms with van der Waals surface area (Å²) in [5, 5.41) is 0. The lowest BCUT2D eigenvalue weighted by molar-refractivity contribution is 0.628. The number of pyridine rings is 1. The first kappa shape index (κ1) is 15.8. The number of hydrogen-bond acceptors (Lipinski definition) is 2. The van der Waals surface area contributed by atoms with Crippen molar-refractivity contribution in [2.24, 2.45) is 4.99 Å². The van der Waals surface area contributed by atoms with Gasteiger partial charge >= 0.3 is 0 Å². The lowest BCUT2D eigenvalue weighted by atomic mass is 9.95. The van der Waals surface area contributed by atoms with Gasteiger partial charge in [0.15, 0.2) is 0 Å². The molecule has 0 saturated heterocycles. The fraction of sp³-hybridized carbons (Fsp3) is 0.0476. The van der Waals surface area contributed by atoms with E-state index in [9.17, 15) is 4.39 Å². The smallest absolute Gasteiger partial charge is 0.123 e. The first-order valence-electron chi connectivity index (χ1n) is 7.65. The Morgan fingerprint density at radius 1 is 0.958 bits per heavy atom. The number of rotatable bonds is 4. The Morgan fingerprint density at radius 2 is 1.67 bits per heavy atom. The van der Waals surface area contributed by atoms with Crippen LogP contribution >= 0.6 is 0 Å². The van der Waals surface area contributed by atoms with Gasteiger partial charge in [0, 0.05) is 24.2 Å². The maximum absolute atomic E-state index is 13.2. The first-order chi connectivity index (χ1) is 11.7. The van der Waals surface area contributed by atoms with Crippen molar-refractivity contribution in [1.82, 2.24) is 4.98 Å². The summed E-state index contributed by atoms with van der Waals surface area (Å²) in [5.41, 5.74) is 5.97. The number of hydrogen-bond donors (Lipinski definition) is 0. The summed E-state index contributed by atoms with van der Waals surface area (Å²) in [5.74, 6) is -0.239. The second kappa shape index (κ2) is 7.01. The second-order valence-electron chi connectivity index (χ2n) is 5.45. The normalized spacial score (nSPS) is 10.9. The minimum atomic E-state index is -0.239. The van der Waals surface area contributed by atoms with Crippen molar-refractivity contribution in [3.05, 3.63) is 85.0 Å². The summed E-state index contributed by atoms with van der Waals surface area (Å²) in [6, 6.07) is 14.6. The molecule has 0 radical (unpaired) electrons. The van der Waals surface area contributed by atoms with E-state index >= 15 is 0 Å². The molecule has 24 heavy (non-hydrogen) atoms. The average molecular weight is 316 g/mol. The van der Waals surface area contributed by atoms with Gasteiger partial charge in [-0.15, -0.1) is 0 Å². The van der Waals surface area contributed by atoms with Crippen LogP contribution in [0.5, 0.6) is 0 Å². The molecule has 0 spiro atoms. The van der Waals surface area contributed by atoms with Crippen LogP contribution in [-0.2, 0) is 0 Å². The highest BCUT2D eigenvalue weighted by atomic mass is 19.1. The number of aryl methyl sites for hydroxylation is 1. The second-order valence-corrected chi connectivity index (χ2v) is 5.45. The van der Waals surface area contributed by atoms with Gasteiger partial charge in [0.2, 0.25) is 0 Å². The molecule has 1 aromatic heterocycles. The number of benzene rings is 2. The van der Waals surface area contributed by atoms with Crippen molar-refractivity contribution >= 4 is 11.9 Å². The van der Waals surface area contributed by atoms with Crippen LogP contribution in [0.4, 0.5) is 10.1 Å². The molecule has 0 N–H and O–H groups in total. The molecular weight excluding hydrogens is 299 g/mol. The summed E-state index contributed by atoms with van der Waals surface area (Å²) in [4.78, 5) is 8.61. The third-order valence-corrected chi connectivity index (χ3v) is 3.78. The number of aromatic nitrogens is 1. The number of aliphatic imine (C=N–C) groups is 1. The summed E-state index contributed by atoms with van der Waals surface area (Å²) in [7, 11) is 0. The molecule has 0 bridgehead atoms. The zero-order chi connectivity index (χ0) is 16.9. The molecule has 3 rings (SSSR count). The number of nitrogens with zero attached hydrogens (tertiary/aromatic N) is 2. The predicted octanol–water partition coefficient (Wildman–Crippen LogP) is 5.75. The largest absolute Gasteiger partial charge is 0.265 e. The highest BCUT2D eigenvalue weighted by molar-refractivity contribution is 5.87. The Balaban J connectivity index is 2.21. The summed E-state index contributed by atoms with van der Waals surface area (Å²) in [6.45, 7) is 5.71. The lowest BCUT2D eigenvalue weighted by Crippen LogP contribution is -1.88. The fourth-order valence-corrected chi connectivity index (χ4v) is 2.64. The predicted molar refractivity (Wildman–Crippen MR) is 98.2 cm³/mol. The van der Waals surface area contributed by atoms with E-state index in [1.807, 2.05) is 19.1 Å². The van der Waals surface area contributed by atoms with Crippen LogP contribution in [0.2, 0.25) is 0 Å². The minimum absolute atomic E-state index is 0.239. The monoisotopic (exact) mass is 316 g/mol. The van der Waals surface area contributed by atoms with Gasteiger partial charge in [-0.1, -0.05) is 24.8 Å². The summed E-state index contributed by atoms with van der Waals surface area (Å²) in [6.07, 6.45) is 6.86.